The zero-order chi connectivity index (χ0) is 13.4. The quantitative estimate of drug-likeness (QED) is 0.463. The molecule has 0 unspecified atom stereocenters. The number of ether oxygens (including phenoxy) is 1. The van der Waals surface area contributed by atoms with Gasteiger partial charge in [-0.05, 0) is 45.8 Å². The average Bonchev–Trinajstić information content (AvgIpc) is 2.98. The Bertz CT molecular complexity index is 876. The van der Waals surface area contributed by atoms with Gasteiger partial charge in [-0.1, -0.05) is 30.3 Å². The topological polar surface area (TPSA) is 22.4 Å². The van der Waals surface area contributed by atoms with E-state index >= 15 is 0 Å². The molecule has 0 spiro atoms. The zero-order valence-corrected chi connectivity index (χ0v) is 10.7. The monoisotopic (exact) mass is 259 g/mol. The maximum Gasteiger partial charge on any atom is 0.289 e. The van der Waals surface area contributed by atoms with E-state index in [2.05, 4.69) is 30.3 Å². The molecule has 0 N–H and O–H groups in total. The molecule has 1 radical (unpaired) electrons. The first-order valence-electron chi connectivity index (χ1n) is 6.45. The largest absolute Gasteiger partial charge is 0.434 e. The summed E-state index contributed by atoms with van der Waals surface area (Å²) >= 11 is 0. The highest BCUT2D eigenvalue weighted by Crippen LogP contribution is 2.28. The van der Waals surface area contributed by atoms with Gasteiger partial charge in [0.1, 0.15) is 5.75 Å². The van der Waals surface area contributed by atoms with Crippen LogP contribution in [0.4, 0.5) is 0 Å². The minimum Gasteiger partial charge on any atom is -0.434 e. The minimum absolute atomic E-state index is 0.474. The van der Waals surface area contributed by atoms with Gasteiger partial charge >= 0.3 is 0 Å². The first kappa shape index (κ1) is 11.1. The molecule has 1 heterocycles. The Morgan fingerprint density at radius 3 is 2.45 bits per heavy atom. The molecule has 3 aromatic carbocycles. The lowest BCUT2D eigenvalue weighted by atomic mass is 10.0. The predicted molar refractivity (Wildman–Crippen MR) is 79.1 cm³/mol. The summed E-state index contributed by atoms with van der Waals surface area (Å²) in [4.78, 5) is 0. The number of hydrogen-bond donors (Lipinski definition) is 0. The van der Waals surface area contributed by atoms with Crippen molar-refractivity contribution in [3.8, 4) is 11.7 Å². The Balaban J connectivity index is 1.83. The molecule has 4 rings (SSSR count). The number of hydrogen-bond acceptors (Lipinski definition) is 2. The molecule has 0 amide bonds. The van der Waals surface area contributed by atoms with Crippen molar-refractivity contribution in [2.24, 2.45) is 0 Å². The summed E-state index contributed by atoms with van der Waals surface area (Å²) in [6, 6.07) is 23.4. The van der Waals surface area contributed by atoms with E-state index in [1.807, 2.05) is 24.3 Å². The standard InChI is InChI=1S/C18H11O2/c1-2-5-14-11-16-12-17(20-18-6-3-9-19-18)8-7-15(16)10-13(14)4-1/h1-11H. The first-order chi connectivity index (χ1) is 9.88. The molecule has 20 heavy (non-hydrogen) atoms. The van der Waals surface area contributed by atoms with Crippen molar-refractivity contribution in [3.63, 3.8) is 0 Å². The van der Waals surface area contributed by atoms with Gasteiger partial charge in [-0.2, -0.15) is 0 Å². The summed E-state index contributed by atoms with van der Waals surface area (Å²) in [6.07, 6.45) is 1.59. The number of rotatable bonds is 2. The molecule has 95 valence electrons. The van der Waals surface area contributed by atoms with Crippen LogP contribution >= 0.6 is 0 Å². The Hall–Kier alpha value is -2.74. The van der Waals surface area contributed by atoms with Crippen molar-refractivity contribution in [2.45, 2.75) is 0 Å². The van der Waals surface area contributed by atoms with Gasteiger partial charge in [0.25, 0.3) is 5.95 Å². The summed E-state index contributed by atoms with van der Waals surface area (Å²) in [7, 11) is 0. The van der Waals surface area contributed by atoms with Gasteiger partial charge in [-0.15, -0.1) is 0 Å². The molecular weight excluding hydrogens is 248 g/mol. The molecule has 0 atom stereocenters. The molecular formula is C18H11O2. The second-order valence-electron chi connectivity index (χ2n) is 4.64. The highest BCUT2D eigenvalue weighted by Gasteiger charge is 2.03. The Labute approximate surface area is 116 Å². The lowest BCUT2D eigenvalue weighted by Crippen LogP contribution is -1.83. The van der Waals surface area contributed by atoms with E-state index in [1.165, 1.54) is 10.8 Å². The van der Waals surface area contributed by atoms with Crippen LogP contribution in [0.1, 0.15) is 0 Å². The summed E-state index contributed by atoms with van der Waals surface area (Å²) in [5.74, 6) is 1.13. The fourth-order valence-corrected chi connectivity index (χ4v) is 2.33. The number of fused-ring (bicyclic) bond motifs is 2. The van der Waals surface area contributed by atoms with Crippen LogP contribution in [0.15, 0.2) is 71.3 Å². The molecule has 0 saturated carbocycles. The van der Waals surface area contributed by atoms with E-state index in [-0.39, 0.29) is 0 Å². The van der Waals surface area contributed by atoms with Gasteiger partial charge in [-0.25, -0.2) is 0 Å². The van der Waals surface area contributed by atoms with Gasteiger partial charge < -0.3 is 9.15 Å². The van der Waals surface area contributed by atoms with E-state index < -0.39 is 0 Å². The minimum atomic E-state index is 0.474. The van der Waals surface area contributed by atoms with Crippen molar-refractivity contribution < 1.29 is 9.15 Å². The van der Waals surface area contributed by atoms with Crippen LogP contribution in [0.3, 0.4) is 0 Å². The molecule has 0 aliphatic heterocycles. The summed E-state index contributed by atoms with van der Waals surface area (Å²) in [5.41, 5.74) is 0. The number of furan rings is 1. The predicted octanol–water partition coefficient (Wildman–Crippen LogP) is 5.18. The summed E-state index contributed by atoms with van der Waals surface area (Å²) in [6.45, 7) is 0. The first-order valence-corrected chi connectivity index (χ1v) is 6.45. The van der Waals surface area contributed by atoms with Crippen LogP contribution in [0, 0.1) is 6.07 Å². The van der Waals surface area contributed by atoms with E-state index in [1.54, 1.807) is 18.4 Å². The molecule has 2 heteroatoms. The van der Waals surface area contributed by atoms with Gasteiger partial charge in [0.15, 0.2) is 0 Å². The molecule has 0 aliphatic carbocycles. The van der Waals surface area contributed by atoms with E-state index in [4.69, 9.17) is 9.15 Å². The fraction of sp³-hybridized carbons (Fsp3) is 0. The average molecular weight is 259 g/mol. The lowest BCUT2D eigenvalue weighted by Gasteiger charge is -2.05. The van der Waals surface area contributed by atoms with Crippen LogP contribution in [0.5, 0.6) is 11.7 Å². The molecule has 0 aliphatic rings. The smallest absolute Gasteiger partial charge is 0.289 e. The van der Waals surface area contributed by atoms with E-state index in [9.17, 15) is 0 Å². The van der Waals surface area contributed by atoms with Crippen molar-refractivity contribution >= 4 is 21.5 Å². The Kier molecular flexibility index (Phi) is 2.46. The fourth-order valence-electron chi connectivity index (χ4n) is 2.33. The molecule has 4 aromatic rings. The van der Waals surface area contributed by atoms with Crippen LogP contribution in [-0.4, -0.2) is 0 Å². The SMILES string of the molecule is [c]1c(Oc2ccco2)ccc2cc3ccccc3cc12. The lowest BCUT2D eigenvalue weighted by molar-refractivity contribution is 0.346. The second-order valence-corrected chi connectivity index (χ2v) is 4.64. The van der Waals surface area contributed by atoms with Crippen LogP contribution in [-0.2, 0) is 0 Å². The third-order valence-electron chi connectivity index (χ3n) is 3.30. The van der Waals surface area contributed by atoms with E-state index in [0.717, 1.165) is 10.8 Å². The Morgan fingerprint density at radius 2 is 1.65 bits per heavy atom. The van der Waals surface area contributed by atoms with Crippen molar-refractivity contribution in [1.29, 1.82) is 0 Å². The Morgan fingerprint density at radius 1 is 0.800 bits per heavy atom. The summed E-state index contributed by atoms with van der Waals surface area (Å²) < 4.78 is 10.8. The highest BCUT2D eigenvalue weighted by atomic mass is 16.6. The van der Waals surface area contributed by atoms with Gasteiger partial charge in [0, 0.05) is 12.1 Å². The third kappa shape index (κ3) is 1.91. The highest BCUT2D eigenvalue weighted by molar-refractivity contribution is 5.98. The molecule has 2 nitrogen and oxygen atoms in total. The molecule has 0 bridgehead atoms. The summed E-state index contributed by atoms with van der Waals surface area (Å²) in [5, 5.41) is 4.61. The molecule has 0 fully saturated rings. The maximum absolute atomic E-state index is 5.62. The number of benzene rings is 3. The third-order valence-corrected chi connectivity index (χ3v) is 3.30. The zero-order valence-electron chi connectivity index (χ0n) is 10.7. The van der Waals surface area contributed by atoms with E-state index in [0.29, 0.717) is 11.7 Å². The van der Waals surface area contributed by atoms with Gasteiger partial charge in [-0.3, -0.25) is 0 Å². The van der Waals surface area contributed by atoms with Crippen LogP contribution in [0.2, 0.25) is 0 Å². The van der Waals surface area contributed by atoms with Crippen molar-refractivity contribution in [2.75, 3.05) is 0 Å². The van der Waals surface area contributed by atoms with Crippen molar-refractivity contribution in [1.82, 2.24) is 0 Å². The van der Waals surface area contributed by atoms with Crippen molar-refractivity contribution in [3.05, 3.63) is 73.0 Å². The molecule has 0 saturated heterocycles. The molecule has 1 aromatic heterocycles. The van der Waals surface area contributed by atoms with Crippen LogP contribution in [0.25, 0.3) is 21.5 Å². The van der Waals surface area contributed by atoms with Crippen LogP contribution < -0.4 is 4.74 Å². The maximum atomic E-state index is 5.62. The van der Waals surface area contributed by atoms with Gasteiger partial charge in [0.05, 0.1) is 6.26 Å². The van der Waals surface area contributed by atoms with Gasteiger partial charge in [0.2, 0.25) is 0 Å². The normalized spacial score (nSPS) is 11.0. The second kappa shape index (κ2) is 4.42.